The predicted octanol–water partition coefficient (Wildman–Crippen LogP) is 3.26. The van der Waals surface area contributed by atoms with Crippen LogP contribution in [0, 0.1) is 13.8 Å². The van der Waals surface area contributed by atoms with Crippen molar-refractivity contribution in [2.75, 3.05) is 11.9 Å². The van der Waals surface area contributed by atoms with Crippen LogP contribution < -0.4 is 10.6 Å². The molecule has 142 valence electrons. The highest BCUT2D eigenvalue weighted by atomic mass is 35.5. The van der Waals surface area contributed by atoms with E-state index >= 15 is 0 Å². The van der Waals surface area contributed by atoms with Crippen molar-refractivity contribution in [3.05, 3.63) is 64.2 Å². The van der Waals surface area contributed by atoms with Crippen LogP contribution >= 0.6 is 11.6 Å². The van der Waals surface area contributed by atoms with Crippen molar-refractivity contribution in [1.29, 1.82) is 0 Å². The van der Waals surface area contributed by atoms with Gasteiger partial charge >= 0.3 is 5.97 Å². The van der Waals surface area contributed by atoms with Crippen molar-refractivity contribution in [2.24, 2.45) is 0 Å². The number of benzene rings is 2. The van der Waals surface area contributed by atoms with Gasteiger partial charge in [0, 0.05) is 16.3 Å². The van der Waals surface area contributed by atoms with Crippen molar-refractivity contribution in [1.82, 2.24) is 5.32 Å². The molecule has 0 aliphatic heterocycles. The summed E-state index contributed by atoms with van der Waals surface area (Å²) in [5, 5.41) is 5.76. The highest BCUT2D eigenvalue weighted by Crippen LogP contribution is 2.19. The van der Waals surface area contributed by atoms with Crippen molar-refractivity contribution in [3.63, 3.8) is 0 Å². The summed E-state index contributed by atoms with van der Waals surface area (Å²) in [7, 11) is 0. The van der Waals surface area contributed by atoms with E-state index in [0.717, 1.165) is 11.1 Å². The van der Waals surface area contributed by atoms with Crippen LogP contribution in [0.2, 0.25) is 5.02 Å². The minimum Gasteiger partial charge on any atom is -0.454 e. The normalized spacial score (nSPS) is 11.4. The van der Waals surface area contributed by atoms with Crippen LogP contribution in [-0.2, 0) is 14.3 Å². The molecule has 0 aliphatic rings. The molecule has 1 atom stereocenters. The maximum atomic E-state index is 12.1. The molecule has 2 N–H and O–H groups in total. The lowest BCUT2D eigenvalue weighted by atomic mass is 10.1. The van der Waals surface area contributed by atoms with Crippen molar-refractivity contribution in [2.45, 2.75) is 26.8 Å². The topological polar surface area (TPSA) is 84.5 Å². The van der Waals surface area contributed by atoms with E-state index in [-0.39, 0.29) is 0 Å². The standard InChI is InChI=1S/C20H21ClN2O4/c1-12-5-4-6-13(2)18(12)23-17(24)11-27-20(26)14(3)22-19(25)15-7-9-16(21)10-8-15/h4-10,14H,11H2,1-3H3,(H,22,25)(H,23,24)/t14-/m0/s1. The molecule has 0 aromatic heterocycles. The van der Waals surface area contributed by atoms with Gasteiger partial charge in [0.15, 0.2) is 6.61 Å². The number of ether oxygens (including phenoxy) is 1. The van der Waals surface area contributed by atoms with Crippen LogP contribution in [0.25, 0.3) is 0 Å². The molecule has 0 aliphatic carbocycles. The first-order valence-electron chi connectivity index (χ1n) is 8.37. The van der Waals surface area contributed by atoms with Gasteiger partial charge in [-0.15, -0.1) is 0 Å². The lowest BCUT2D eigenvalue weighted by molar-refractivity contribution is -0.148. The van der Waals surface area contributed by atoms with Crippen molar-refractivity contribution < 1.29 is 19.1 Å². The van der Waals surface area contributed by atoms with E-state index in [9.17, 15) is 14.4 Å². The quantitative estimate of drug-likeness (QED) is 0.744. The summed E-state index contributed by atoms with van der Waals surface area (Å²) in [6.45, 7) is 4.80. The van der Waals surface area contributed by atoms with Gasteiger partial charge in [-0.2, -0.15) is 0 Å². The molecule has 7 heteroatoms. The molecule has 0 bridgehead atoms. The minimum atomic E-state index is -0.902. The Balaban J connectivity index is 1.84. The fraction of sp³-hybridized carbons (Fsp3) is 0.250. The minimum absolute atomic E-state index is 0.367. The van der Waals surface area contributed by atoms with Crippen LogP contribution in [0.5, 0.6) is 0 Å². The Morgan fingerprint density at radius 3 is 2.22 bits per heavy atom. The Kier molecular flexibility index (Phi) is 6.96. The number of carbonyl (C=O) groups is 3. The number of hydrogen-bond donors (Lipinski definition) is 2. The number of amides is 2. The third kappa shape index (κ3) is 5.82. The Bertz CT molecular complexity index is 829. The van der Waals surface area contributed by atoms with Crippen LogP contribution in [-0.4, -0.2) is 30.4 Å². The van der Waals surface area contributed by atoms with Gasteiger partial charge in [0.05, 0.1) is 0 Å². The summed E-state index contributed by atoms with van der Waals surface area (Å²) in [6.07, 6.45) is 0. The zero-order valence-electron chi connectivity index (χ0n) is 15.3. The van der Waals surface area contributed by atoms with Crippen LogP contribution in [0.15, 0.2) is 42.5 Å². The van der Waals surface area contributed by atoms with Gasteiger partial charge in [-0.1, -0.05) is 29.8 Å². The number of hydrogen-bond acceptors (Lipinski definition) is 4. The van der Waals surface area contributed by atoms with Gasteiger partial charge in [-0.25, -0.2) is 4.79 Å². The number of esters is 1. The Morgan fingerprint density at radius 1 is 1.04 bits per heavy atom. The maximum Gasteiger partial charge on any atom is 0.328 e. The molecule has 6 nitrogen and oxygen atoms in total. The maximum absolute atomic E-state index is 12.1. The molecule has 0 saturated heterocycles. The smallest absolute Gasteiger partial charge is 0.328 e. The highest BCUT2D eigenvalue weighted by molar-refractivity contribution is 6.30. The Labute approximate surface area is 162 Å². The Hall–Kier alpha value is -2.86. The molecule has 2 aromatic rings. The molecule has 2 aromatic carbocycles. The SMILES string of the molecule is Cc1cccc(C)c1NC(=O)COC(=O)[C@H](C)NC(=O)c1ccc(Cl)cc1. The summed E-state index contributed by atoms with van der Waals surface area (Å²) < 4.78 is 4.99. The van der Waals surface area contributed by atoms with Crippen LogP contribution in [0.4, 0.5) is 5.69 Å². The molecule has 0 radical (unpaired) electrons. The van der Waals surface area contributed by atoms with E-state index in [1.807, 2.05) is 32.0 Å². The van der Waals surface area contributed by atoms with Gasteiger partial charge in [-0.05, 0) is 56.2 Å². The number of halogens is 1. The molecule has 2 amide bonds. The van der Waals surface area contributed by atoms with Crippen molar-refractivity contribution in [3.8, 4) is 0 Å². The average molecular weight is 389 g/mol. The number of carbonyl (C=O) groups excluding carboxylic acids is 3. The molecule has 0 unspecified atom stereocenters. The molecule has 0 fully saturated rings. The monoisotopic (exact) mass is 388 g/mol. The number of nitrogens with one attached hydrogen (secondary N) is 2. The van der Waals surface area contributed by atoms with E-state index < -0.39 is 30.4 Å². The second-order valence-corrected chi connectivity index (χ2v) is 6.56. The zero-order valence-corrected chi connectivity index (χ0v) is 16.1. The first-order valence-corrected chi connectivity index (χ1v) is 8.75. The lowest BCUT2D eigenvalue weighted by Gasteiger charge is -2.14. The summed E-state index contributed by atoms with van der Waals surface area (Å²) in [5.41, 5.74) is 2.89. The first kappa shape index (κ1) is 20.5. The van der Waals surface area contributed by atoms with E-state index in [2.05, 4.69) is 10.6 Å². The molecular weight excluding hydrogens is 368 g/mol. The molecule has 0 saturated carbocycles. The number of para-hydroxylation sites is 1. The van der Waals surface area contributed by atoms with Gasteiger partial charge in [0.25, 0.3) is 11.8 Å². The highest BCUT2D eigenvalue weighted by Gasteiger charge is 2.19. The lowest BCUT2D eigenvalue weighted by Crippen LogP contribution is -2.40. The molecule has 0 heterocycles. The second kappa shape index (κ2) is 9.19. The van der Waals surface area contributed by atoms with Crippen LogP contribution in [0.3, 0.4) is 0 Å². The second-order valence-electron chi connectivity index (χ2n) is 6.12. The van der Waals surface area contributed by atoms with Gasteiger partial charge in [0.2, 0.25) is 0 Å². The van der Waals surface area contributed by atoms with E-state index in [1.54, 1.807) is 24.3 Å². The Morgan fingerprint density at radius 2 is 1.63 bits per heavy atom. The molecule has 2 rings (SSSR count). The summed E-state index contributed by atoms with van der Waals surface area (Å²) in [6, 6.07) is 11.0. The van der Waals surface area contributed by atoms with E-state index in [1.165, 1.54) is 6.92 Å². The average Bonchev–Trinajstić information content (AvgIpc) is 2.63. The summed E-state index contributed by atoms with van der Waals surface area (Å²) in [4.78, 5) is 36.1. The van der Waals surface area contributed by atoms with E-state index in [4.69, 9.17) is 16.3 Å². The van der Waals surface area contributed by atoms with E-state index in [0.29, 0.717) is 16.3 Å². The fourth-order valence-electron chi connectivity index (χ4n) is 2.39. The number of rotatable bonds is 6. The summed E-state index contributed by atoms with van der Waals surface area (Å²) in [5.74, 6) is -1.58. The van der Waals surface area contributed by atoms with Gasteiger partial charge < -0.3 is 15.4 Å². The van der Waals surface area contributed by atoms with Gasteiger partial charge in [0.1, 0.15) is 6.04 Å². The van der Waals surface area contributed by atoms with Crippen LogP contribution in [0.1, 0.15) is 28.4 Å². The molecule has 27 heavy (non-hydrogen) atoms. The van der Waals surface area contributed by atoms with Crippen molar-refractivity contribution >= 4 is 35.1 Å². The number of anilines is 1. The zero-order chi connectivity index (χ0) is 20.0. The van der Waals surface area contributed by atoms with Gasteiger partial charge in [-0.3, -0.25) is 9.59 Å². The third-order valence-corrected chi connectivity index (χ3v) is 4.15. The third-order valence-electron chi connectivity index (χ3n) is 3.90. The number of aryl methyl sites for hydroxylation is 2. The largest absolute Gasteiger partial charge is 0.454 e. The molecular formula is C20H21ClN2O4. The molecule has 0 spiro atoms. The fourth-order valence-corrected chi connectivity index (χ4v) is 2.51. The first-order chi connectivity index (χ1) is 12.8. The predicted molar refractivity (Wildman–Crippen MR) is 104 cm³/mol. The summed E-state index contributed by atoms with van der Waals surface area (Å²) >= 11 is 5.78.